The molecule has 3 rings (SSSR count). The minimum Gasteiger partial charge on any atom is -0.387 e. The maximum absolute atomic E-state index is 12.2. The largest absolute Gasteiger partial charge is 0.387 e. The Labute approximate surface area is 226 Å². The zero-order chi connectivity index (χ0) is 28.4. The number of nitrogens with zero attached hydrogens (tertiary/aromatic N) is 5. The van der Waals surface area contributed by atoms with Gasteiger partial charge in [0.1, 0.15) is 24.1 Å². The summed E-state index contributed by atoms with van der Waals surface area (Å²) in [5.41, 5.74) is 0.569. The van der Waals surface area contributed by atoms with Gasteiger partial charge >= 0.3 is 7.60 Å². The van der Waals surface area contributed by atoms with Crippen LogP contribution < -0.4 is 10.3 Å². The number of ether oxygens (including phenoxy) is 2. The fourth-order valence-corrected chi connectivity index (χ4v) is 5.28. The zero-order valence-corrected chi connectivity index (χ0v) is 23.5. The summed E-state index contributed by atoms with van der Waals surface area (Å²) in [6, 6.07) is 0.236. The maximum Gasteiger partial charge on any atom is 0.358 e. The summed E-state index contributed by atoms with van der Waals surface area (Å²) in [6.45, 7) is 6.77. The van der Waals surface area contributed by atoms with Gasteiger partial charge in [0.2, 0.25) is 11.2 Å². The van der Waals surface area contributed by atoms with Gasteiger partial charge < -0.3 is 39.7 Å². The number of halogens is 1. The van der Waals surface area contributed by atoms with E-state index in [1.54, 1.807) is 6.92 Å². The molecule has 1 saturated heterocycles. The summed E-state index contributed by atoms with van der Waals surface area (Å²) >= 11 is 6.19. The van der Waals surface area contributed by atoms with E-state index in [9.17, 15) is 29.4 Å². The first kappa shape index (κ1) is 30.6. The van der Waals surface area contributed by atoms with Crippen molar-refractivity contribution in [1.82, 2.24) is 14.9 Å². The third-order valence-electron chi connectivity index (χ3n) is 6.98. The Bertz CT molecular complexity index is 1070. The van der Waals surface area contributed by atoms with E-state index in [1.807, 2.05) is 0 Å². The molecule has 38 heavy (non-hydrogen) atoms. The molecule has 2 heterocycles. The van der Waals surface area contributed by atoms with Gasteiger partial charge in [-0.2, -0.15) is 10.1 Å². The number of hydrogen-bond donors (Lipinski definition) is 5. The van der Waals surface area contributed by atoms with Crippen molar-refractivity contribution in [3.05, 3.63) is 10.8 Å². The lowest BCUT2D eigenvalue weighted by molar-refractivity contribution is -0.132. The van der Waals surface area contributed by atoms with Gasteiger partial charge in [-0.3, -0.25) is 9.36 Å². The van der Waals surface area contributed by atoms with Gasteiger partial charge in [0.25, 0.3) is 0 Å². The summed E-state index contributed by atoms with van der Waals surface area (Å²) in [5.74, 6) is 0.274. The summed E-state index contributed by atoms with van der Waals surface area (Å²) in [5, 5.41) is 27.8. The Morgan fingerprint density at radius 2 is 1.95 bits per heavy atom. The van der Waals surface area contributed by atoms with Crippen molar-refractivity contribution in [3.63, 3.8) is 0 Å². The summed E-state index contributed by atoms with van der Waals surface area (Å²) in [7, 11) is -3.51. The van der Waals surface area contributed by atoms with Crippen LogP contribution in [-0.2, 0) is 18.8 Å². The standard InChI is InChI=1S/C22H36ClN6O8P/c1-12-18(25-14-8-6-7-9-14)26-21(23)27-19(12)29(24-4)20-17(32)16(31)15(37-20)10-36-22(3,38(33,34)35)11-28(5)13(2)30/h14-17,20,31-32H,4,6-11H2,1-3,5H3,(H,25,26,27)(H2,33,34,35)/t15-,16-,17-,20-,22?/m1/s1. The molecule has 2 aliphatic rings. The van der Waals surface area contributed by atoms with E-state index in [0.717, 1.165) is 37.5 Å². The van der Waals surface area contributed by atoms with Crippen molar-refractivity contribution in [3.8, 4) is 0 Å². The predicted octanol–water partition coefficient (Wildman–Crippen LogP) is 1.05. The highest BCUT2D eigenvalue weighted by Crippen LogP contribution is 2.51. The van der Waals surface area contributed by atoms with E-state index in [0.29, 0.717) is 11.4 Å². The second-order valence-electron chi connectivity index (χ2n) is 9.85. The molecule has 0 aromatic carbocycles. The summed E-state index contributed by atoms with van der Waals surface area (Å²) in [6.07, 6.45) is -1.31. The number of rotatable bonds is 11. The quantitative estimate of drug-likeness (QED) is 0.109. The molecule has 1 unspecified atom stereocenters. The molecule has 0 spiro atoms. The Morgan fingerprint density at radius 3 is 2.50 bits per heavy atom. The van der Waals surface area contributed by atoms with E-state index < -0.39 is 56.5 Å². The highest BCUT2D eigenvalue weighted by Gasteiger charge is 2.50. The highest BCUT2D eigenvalue weighted by molar-refractivity contribution is 7.53. The van der Waals surface area contributed by atoms with Crippen molar-refractivity contribution >= 4 is 43.5 Å². The molecule has 5 atom stereocenters. The number of hydrogen-bond acceptors (Lipinski definition) is 11. The molecule has 5 N–H and O–H groups in total. The third kappa shape index (κ3) is 6.62. The number of carbonyl (C=O) groups is 1. The molecular formula is C22H36ClN6O8P. The van der Waals surface area contributed by atoms with Crippen LogP contribution in [0, 0.1) is 6.92 Å². The van der Waals surface area contributed by atoms with Crippen LogP contribution in [0.1, 0.15) is 45.1 Å². The average Bonchev–Trinajstić information content (AvgIpc) is 3.44. The van der Waals surface area contributed by atoms with Gasteiger partial charge in [-0.05, 0) is 38.3 Å². The maximum atomic E-state index is 12.2. The van der Waals surface area contributed by atoms with Crippen molar-refractivity contribution in [2.24, 2.45) is 5.10 Å². The molecule has 1 aliphatic heterocycles. The van der Waals surface area contributed by atoms with Crippen LogP contribution in [0.3, 0.4) is 0 Å². The minimum atomic E-state index is -4.88. The molecule has 14 nitrogen and oxygen atoms in total. The van der Waals surface area contributed by atoms with Crippen LogP contribution in [0.5, 0.6) is 0 Å². The highest BCUT2D eigenvalue weighted by atomic mass is 35.5. The van der Waals surface area contributed by atoms with E-state index in [1.165, 1.54) is 19.0 Å². The number of nitrogens with one attached hydrogen (secondary N) is 1. The van der Waals surface area contributed by atoms with E-state index in [2.05, 4.69) is 27.1 Å². The fraction of sp³-hybridized carbons (Fsp3) is 0.727. The predicted molar refractivity (Wildman–Crippen MR) is 140 cm³/mol. The topological polar surface area (TPSA) is 190 Å². The molecule has 1 amide bonds. The Hall–Kier alpha value is -1.90. The minimum absolute atomic E-state index is 0.0698. The van der Waals surface area contributed by atoms with Gasteiger partial charge in [0, 0.05) is 32.3 Å². The van der Waals surface area contributed by atoms with E-state index >= 15 is 0 Å². The number of aliphatic hydroxyl groups is 2. The van der Waals surface area contributed by atoms with Crippen molar-refractivity contribution in [2.45, 2.75) is 82.4 Å². The zero-order valence-electron chi connectivity index (χ0n) is 21.8. The van der Waals surface area contributed by atoms with Gasteiger partial charge in [-0.15, -0.1) is 0 Å². The summed E-state index contributed by atoms with van der Waals surface area (Å²) < 4.78 is 23.6. The fourth-order valence-electron chi connectivity index (χ4n) is 4.48. The molecule has 214 valence electrons. The van der Waals surface area contributed by atoms with Gasteiger partial charge in [-0.1, -0.05) is 12.8 Å². The van der Waals surface area contributed by atoms with Crippen molar-refractivity contribution < 1.29 is 38.8 Å². The number of aromatic nitrogens is 2. The van der Waals surface area contributed by atoms with Crippen LogP contribution in [0.4, 0.5) is 11.6 Å². The Morgan fingerprint density at radius 1 is 1.32 bits per heavy atom. The van der Waals surface area contributed by atoms with Crippen molar-refractivity contribution in [1.29, 1.82) is 0 Å². The molecule has 0 radical (unpaired) electrons. The van der Waals surface area contributed by atoms with Crippen molar-refractivity contribution in [2.75, 3.05) is 30.5 Å². The normalized spacial score (nSPS) is 25.7. The molecule has 1 aromatic rings. The first-order chi connectivity index (χ1) is 17.7. The lowest BCUT2D eigenvalue weighted by atomic mass is 10.1. The van der Waals surface area contributed by atoms with Crippen LogP contribution in [0.15, 0.2) is 5.10 Å². The molecule has 1 aromatic heterocycles. The van der Waals surface area contributed by atoms with Crippen LogP contribution in [0.2, 0.25) is 5.28 Å². The molecule has 1 aliphatic carbocycles. The van der Waals surface area contributed by atoms with Gasteiger partial charge in [0.05, 0.1) is 13.2 Å². The number of aliphatic hydroxyl groups excluding tert-OH is 2. The second kappa shape index (κ2) is 12.1. The van der Waals surface area contributed by atoms with E-state index in [4.69, 9.17) is 21.1 Å². The first-order valence-electron chi connectivity index (χ1n) is 12.2. The van der Waals surface area contributed by atoms with Gasteiger partial charge in [-0.25, -0.2) is 9.99 Å². The number of amides is 1. The Kier molecular flexibility index (Phi) is 9.75. The lowest BCUT2D eigenvalue weighted by Gasteiger charge is -2.34. The first-order valence-corrected chi connectivity index (χ1v) is 14.2. The SMILES string of the molecule is C=NN(c1nc(Cl)nc(NC2CCCC2)c1C)[C@@H]1O[C@H](COC(C)(CN(C)C(C)=O)P(=O)(O)O)[C@@H](O)[C@H]1O. The number of carbonyl (C=O) groups excluding carboxylic acids is 1. The van der Waals surface area contributed by atoms with Crippen LogP contribution in [0.25, 0.3) is 0 Å². The Balaban J connectivity index is 1.80. The molecule has 2 fully saturated rings. The smallest absolute Gasteiger partial charge is 0.358 e. The monoisotopic (exact) mass is 578 g/mol. The number of hydrazone groups is 1. The number of anilines is 2. The average molecular weight is 579 g/mol. The molecule has 0 bridgehead atoms. The second-order valence-corrected chi connectivity index (χ2v) is 12.2. The van der Waals surface area contributed by atoms with Crippen LogP contribution in [-0.4, -0.2) is 104 Å². The summed E-state index contributed by atoms with van der Waals surface area (Å²) in [4.78, 5) is 41.1. The third-order valence-corrected chi connectivity index (χ3v) is 8.65. The lowest BCUT2D eigenvalue weighted by Crippen LogP contribution is -2.45. The molecule has 16 heteroatoms. The number of likely N-dealkylation sites (N-methyl/N-ethyl adjacent to an activating group) is 1. The molecular weight excluding hydrogens is 543 g/mol. The van der Waals surface area contributed by atoms with E-state index in [-0.39, 0.29) is 17.1 Å². The molecule has 1 saturated carbocycles. The van der Waals surface area contributed by atoms with Gasteiger partial charge in [0.15, 0.2) is 17.4 Å². The van der Waals surface area contributed by atoms with Crippen LogP contribution >= 0.6 is 19.2 Å².